The molecule has 0 fully saturated rings. The molecule has 10 heavy (non-hydrogen) atoms. The fourth-order valence-electron chi connectivity index (χ4n) is 0.564. The lowest BCUT2D eigenvalue weighted by molar-refractivity contribution is 0.183. The average Bonchev–Trinajstić information content (AvgIpc) is 1.87. The second kappa shape index (κ2) is 6.96. The molecule has 0 atom stereocenters. The van der Waals surface area contributed by atoms with Crippen molar-refractivity contribution in [3.05, 3.63) is 0 Å². The highest BCUT2D eigenvalue weighted by molar-refractivity contribution is 7.80. The Labute approximate surface area is 67.5 Å². The van der Waals surface area contributed by atoms with Crippen molar-refractivity contribution in [2.45, 2.75) is 19.8 Å². The SMILES string of the molecule is COCCCCOC(C)=S. The lowest BCUT2D eigenvalue weighted by Crippen LogP contribution is -1.99. The number of hydrogen-bond acceptors (Lipinski definition) is 3. The minimum atomic E-state index is 0.623. The highest BCUT2D eigenvalue weighted by Crippen LogP contribution is 1.91. The minimum Gasteiger partial charge on any atom is -0.487 e. The molecular weight excluding hydrogens is 148 g/mol. The predicted molar refractivity (Wildman–Crippen MR) is 45.3 cm³/mol. The predicted octanol–water partition coefficient (Wildman–Crippen LogP) is 1.78. The van der Waals surface area contributed by atoms with Crippen molar-refractivity contribution < 1.29 is 9.47 Å². The van der Waals surface area contributed by atoms with E-state index in [1.165, 1.54) is 0 Å². The lowest BCUT2D eigenvalue weighted by Gasteiger charge is -2.01. The average molecular weight is 162 g/mol. The molecule has 0 spiro atoms. The van der Waals surface area contributed by atoms with Crippen LogP contribution in [-0.4, -0.2) is 25.4 Å². The van der Waals surface area contributed by atoms with Crippen LogP contribution in [0.25, 0.3) is 0 Å². The van der Waals surface area contributed by atoms with Gasteiger partial charge in [-0.3, -0.25) is 0 Å². The summed E-state index contributed by atoms with van der Waals surface area (Å²) in [4.78, 5) is 0. The Morgan fingerprint density at radius 3 is 2.40 bits per heavy atom. The summed E-state index contributed by atoms with van der Waals surface area (Å²) in [7, 11) is 1.70. The number of rotatable bonds is 5. The molecule has 0 aliphatic carbocycles. The number of unbranched alkanes of at least 4 members (excludes halogenated alkanes) is 1. The van der Waals surface area contributed by atoms with Gasteiger partial charge in [-0.25, -0.2) is 0 Å². The summed E-state index contributed by atoms with van der Waals surface area (Å²) in [6, 6.07) is 0. The third-order valence-electron chi connectivity index (χ3n) is 1.05. The summed E-state index contributed by atoms with van der Waals surface area (Å²) in [5, 5.41) is 0.623. The van der Waals surface area contributed by atoms with Crippen molar-refractivity contribution in [3.63, 3.8) is 0 Å². The van der Waals surface area contributed by atoms with E-state index in [1.807, 2.05) is 0 Å². The highest BCUT2D eigenvalue weighted by atomic mass is 32.1. The highest BCUT2D eigenvalue weighted by Gasteiger charge is 1.88. The van der Waals surface area contributed by atoms with Gasteiger partial charge < -0.3 is 9.47 Å². The second-order valence-electron chi connectivity index (χ2n) is 2.04. The third-order valence-corrected chi connectivity index (χ3v) is 1.17. The Kier molecular flexibility index (Phi) is 6.86. The summed E-state index contributed by atoms with van der Waals surface area (Å²) in [6.45, 7) is 3.31. The van der Waals surface area contributed by atoms with Crippen molar-refractivity contribution in [3.8, 4) is 0 Å². The molecule has 2 nitrogen and oxygen atoms in total. The molecule has 0 amide bonds. The van der Waals surface area contributed by atoms with Crippen LogP contribution in [0.5, 0.6) is 0 Å². The second-order valence-corrected chi connectivity index (χ2v) is 2.61. The van der Waals surface area contributed by atoms with Crippen molar-refractivity contribution in [1.29, 1.82) is 0 Å². The van der Waals surface area contributed by atoms with Gasteiger partial charge in [0.05, 0.1) is 6.61 Å². The van der Waals surface area contributed by atoms with Gasteiger partial charge >= 0.3 is 0 Å². The van der Waals surface area contributed by atoms with Crippen LogP contribution in [0.1, 0.15) is 19.8 Å². The van der Waals surface area contributed by atoms with Gasteiger partial charge in [-0.05, 0) is 25.1 Å². The quantitative estimate of drug-likeness (QED) is 0.453. The molecule has 0 N–H and O–H groups in total. The lowest BCUT2D eigenvalue weighted by atomic mass is 10.3. The maximum absolute atomic E-state index is 5.06. The smallest absolute Gasteiger partial charge is 0.156 e. The first-order valence-corrected chi connectivity index (χ1v) is 3.80. The zero-order chi connectivity index (χ0) is 7.82. The Balaban J connectivity index is 2.84. The van der Waals surface area contributed by atoms with Gasteiger partial charge in [-0.2, -0.15) is 0 Å². The largest absolute Gasteiger partial charge is 0.487 e. The van der Waals surface area contributed by atoms with E-state index in [2.05, 4.69) is 0 Å². The summed E-state index contributed by atoms with van der Waals surface area (Å²) < 4.78 is 9.92. The van der Waals surface area contributed by atoms with E-state index in [1.54, 1.807) is 14.0 Å². The van der Waals surface area contributed by atoms with Gasteiger partial charge in [0.25, 0.3) is 0 Å². The van der Waals surface area contributed by atoms with Crippen LogP contribution in [0.4, 0.5) is 0 Å². The molecule has 0 unspecified atom stereocenters. The zero-order valence-electron chi connectivity index (χ0n) is 6.55. The summed E-state index contributed by atoms with van der Waals surface area (Å²) in [6.07, 6.45) is 2.06. The molecule has 60 valence electrons. The molecule has 0 bridgehead atoms. The van der Waals surface area contributed by atoms with Crippen molar-refractivity contribution >= 4 is 17.3 Å². The maximum Gasteiger partial charge on any atom is 0.156 e. The van der Waals surface area contributed by atoms with E-state index in [-0.39, 0.29) is 0 Å². The number of thiocarbonyl (C=S) groups is 1. The van der Waals surface area contributed by atoms with E-state index in [4.69, 9.17) is 21.7 Å². The Morgan fingerprint density at radius 1 is 1.30 bits per heavy atom. The van der Waals surface area contributed by atoms with E-state index in [0.29, 0.717) is 5.05 Å². The Morgan fingerprint density at radius 2 is 1.90 bits per heavy atom. The van der Waals surface area contributed by atoms with Gasteiger partial charge in [-0.1, -0.05) is 0 Å². The zero-order valence-corrected chi connectivity index (χ0v) is 7.37. The fraction of sp³-hybridized carbons (Fsp3) is 0.857. The molecule has 0 aromatic rings. The number of ether oxygens (including phenoxy) is 2. The Hall–Kier alpha value is -0.150. The molecule has 0 aromatic heterocycles. The summed E-state index contributed by atoms with van der Waals surface area (Å²) in [5.74, 6) is 0. The van der Waals surface area contributed by atoms with Gasteiger partial charge in [-0.15, -0.1) is 0 Å². The number of hydrogen-bond donors (Lipinski definition) is 0. The standard InChI is InChI=1S/C7H14O2S/c1-7(10)9-6-4-3-5-8-2/h3-6H2,1-2H3. The molecule has 0 radical (unpaired) electrons. The molecule has 0 saturated heterocycles. The van der Waals surface area contributed by atoms with Crippen LogP contribution in [-0.2, 0) is 9.47 Å². The van der Waals surface area contributed by atoms with E-state index in [9.17, 15) is 0 Å². The van der Waals surface area contributed by atoms with Crippen LogP contribution in [0.2, 0.25) is 0 Å². The van der Waals surface area contributed by atoms with Gasteiger partial charge in [0.1, 0.15) is 0 Å². The van der Waals surface area contributed by atoms with Crippen molar-refractivity contribution in [2.75, 3.05) is 20.3 Å². The van der Waals surface area contributed by atoms with Gasteiger partial charge in [0.2, 0.25) is 0 Å². The van der Waals surface area contributed by atoms with Gasteiger partial charge in [0.15, 0.2) is 5.05 Å². The van der Waals surface area contributed by atoms with E-state index < -0.39 is 0 Å². The molecule has 0 heterocycles. The molecule has 0 saturated carbocycles. The van der Waals surface area contributed by atoms with Crippen LogP contribution in [0.3, 0.4) is 0 Å². The van der Waals surface area contributed by atoms with Crippen LogP contribution in [0, 0.1) is 0 Å². The molecule has 0 aliphatic heterocycles. The molecule has 0 rings (SSSR count). The molecule has 0 aromatic carbocycles. The Bertz CT molecular complexity index is 93.6. The summed E-state index contributed by atoms with van der Waals surface area (Å²) in [5.41, 5.74) is 0. The van der Waals surface area contributed by atoms with Crippen LogP contribution in [0.15, 0.2) is 0 Å². The first kappa shape index (κ1) is 9.85. The first-order valence-electron chi connectivity index (χ1n) is 3.39. The third kappa shape index (κ3) is 7.85. The monoisotopic (exact) mass is 162 g/mol. The van der Waals surface area contributed by atoms with Crippen molar-refractivity contribution in [2.24, 2.45) is 0 Å². The maximum atomic E-state index is 5.06. The van der Waals surface area contributed by atoms with E-state index in [0.717, 1.165) is 26.1 Å². The van der Waals surface area contributed by atoms with Crippen molar-refractivity contribution in [1.82, 2.24) is 0 Å². The van der Waals surface area contributed by atoms with Gasteiger partial charge in [0, 0.05) is 20.6 Å². The molecule has 3 heteroatoms. The normalized spacial score (nSPS) is 9.40. The van der Waals surface area contributed by atoms with E-state index >= 15 is 0 Å². The topological polar surface area (TPSA) is 18.5 Å². The minimum absolute atomic E-state index is 0.623. The number of methoxy groups -OCH3 is 1. The van der Waals surface area contributed by atoms with Crippen LogP contribution >= 0.6 is 12.2 Å². The first-order chi connectivity index (χ1) is 4.77. The van der Waals surface area contributed by atoms with Crippen LogP contribution < -0.4 is 0 Å². The summed E-state index contributed by atoms with van der Waals surface area (Å²) >= 11 is 4.72. The molecule has 0 aliphatic rings. The molecular formula is C7H14O2S. The fourth-order valence-corrected chi connectivity index (χ4v) is 0.648.